The molecule has 0 saturated heterocycles. The second-order valence-corrected chi connectivity index (χ2v) is 8.80. The van der Waals surface area contributed by atoms with Gasteiger partial charge in [-0.2, -0.15) is 0 Å². The van der Waals surface area contributed by atoms with Gasteiger partial charge >= 0.3 is 0 Å². The van der Waals surface area contributed by atoms with Crippen molar-refractivity contribution in [3.05, 3.63) is 76.5 Å². The van der Waals surface area contributed by atoms with Crippen LogP contribution in [-0.2, 0) is 11.2 Å². The van der Waals surface area contributed by atoms with Gasteiger partial charge < -0.3 is 15.1 Å². The summed E-state index contributed by atoms with van der Waals surface area (Å²) in [6.45, 7) is 0.157. The molecule has 1 aliphatic heterocycles. The van der Waals surface area contributed by atoms with Crippen molar-refractivity contribution in [1.29, 1.82) is 0 Å². The molecule has 0 aliphatic carbocycles. The first-order valence-corrected chi connectivity index (χ1v) is 10.7. The van der Waals surface area contributed by atoms with E-state index in [2.05, 4.69) is 50.2 Å². The standard InChI is InChI=1S/C21H20BrN3O2S/c22-16-9-23-20(24-10-16)25-12-21(13-26,14-27)18-7-6-17(8-19(18)25)28-11-15-4-2-1-3-5-15/h1-10,26-27H,11-14H2. The Bertz CT molecular complexity index is 950. The van der Waals surface area contributed by atoms with E-state index in [9.17, 15) is 10.2 Å². The van der Waals surface area contributed by atoms with Crippen LogP contribution in [0.2, 0.25) is 0 Å². The molecule has 3 aromatic rings. The van der Waals surface area contributed by atoms with Crippen molar-refractivity contribution in [2.45, 2.75) is 16.1 Å². The van der Waals surface area contributed by atoms with Crippen molar-refractivity contribution in [3.63, 3.8) is 0 Å². The fourth-order valence-electron chi connectivity index (χ4n) is 3.43. The summed E-state index contributed by atoms with van der Waals surface area (Å²) < 4.78 is 0.804. The molecule has 2 aromatic carbocycles. The number of aliphatic hydroxyl groups excluding tert-OH is 2. The third-order valence-corrected chi connectivity index (χ3v) is 6.47. The van der Waals surface area contributed by atoms with Gasteiger partial charge in [0.1, 0.15) is 0 Å². The number of rotatable bonds is 6. The summed E-state index contributed by atoms with van der Waals surface area (Å²) in [6.07, 6.45) is 3.40. The Balaban J connectivity index is 1.68. The minimum atomic E-state index is -0.728. The number of anilines is 2. The number of aromatic nitrogens is 2. The topological polar surface area (TPSA) is 69.5 Å². The van der Waals surface area contributed by atoms with Crippen molar-refractivity contribution >= 4 is 39.3 Å². The Morgan fingerprint density at radius 1 is 1.04 bits per heavy atom. The van der Waals surface area contributed by atoms with Gasteiger partial charge in [0.2, 0.25) is 5.95 Å². The summed E-state index contributed by atoms with van der Waals surface area (Å²) in [5, 5.41) is 20.1. The zero-order chi connectivity index (χ0) is 19.6. The maximum absolute atomic E-state index is 10.1. The van der Waals surface area contributed by atoms with Crippen LogP contribution in [0.4, 0.5) is 11.6 Å². The molecule has 7 heteroatoms. The number of hydrogen-bond acceptors (Lipinski definition) is 6. The minimum Gasteiger partial charge on any atom is -0.395 e. The van der Waals surface area contributed by atoms with Gasteiger partial charge in [0.25, 0.3) is 0 Å². The zero-order valence-electron chi connectivity index (χ0n) is 15.1. The number of aliphatic hydroxyl groups is 2. The van der Waals surface area contributed by atoms with Gasteiger partial charge in [-0.15, -0.1) is 11.8 Å². The van der Waals surface area contributed by atoms with Crippen molar-refractivity contribution in [1.82, 2.24) is 9.97 Å². The Hall–Kier alpha value is -1.93. The maximum atomic E-state index is 10.1. The lowest BCUT2D eigenvalue weighted by atomic mass is 9.84. The third-order valence-electron chi connectivity index (χ3n) is 4.99. The van der Waals surface area contributed by atoms with Crippen LogP contribution in [0.15, 0.2) is 70.3 Å². The number of benzene rings is 2. The van der Waals surface area contributed by atoms with Gasteiger partial charge in [-0.25, -0.2) is 9.97 Å². The lowest BCUT2D eigenvalue weighted by molar-refractivity contribution is 0.128. The summed E-state index contributed by atoms with van der Waals surface area (Å²) in [6, 6.07) is 16.5. The Morgan fingerprint density at radius 3 is 2.43 bits per heavy atom. The highest BCUT2D eigenvalue weighted by molar-refractivity contribution is 9.10. The largest absolute Gasteiger partial charge is 0.395 e. The van der Waals surface area contributed by atoms with Crippen LogP contribution in [0, 0.1) is 0 Å². The highest BCUT2D eigenvalue weighted by Crippen LogP contribution is 2.45. The van der Waals surface area contributed by atoms with E-state index in [1.54, 1.807) is 24.2 Å². The van der Waals surface area contributed by atoms with E-state index in [0.717, 1.165) is 26.4 Å². The van der Waals surface area contributed by atoms with Crippen molar-refractivity contribution < 1.29 is 10.2 Å². The number of fused-ring (bicyclic) bond motifs is 1. The second kappa shape index (κ2) is 8.21. The molecule has 0 atom stereocenters. The number of hydrogen-bond donors (Lipinski definition) is 2. The van der Waals surface area contributed by atoms with Crippen molar-refractivity contribution in [2.75, 3.05) is 24.7 Å². The van der Waals surface area contributed by atoms with Crippen LogP contribution in [-0.4, -0.2) is 39.9 Å². The second-order valence-electron chi connectivity index (χ2n) is 6.84. The molecule has 0 amide bonds. The van der Waals surface area contributed by atoms with E-state index in [4.69, 9.17) is 0 Å². The van der Waals surface area contributed by atoms with Gasteiger partial charge in [-0.05, 0) is 39.2 Å². The fourth-order valence-corrected chi connectivity index (χ4v) is 4.52. The first-order chi connectivity index (χ1) is 13.6. The van der Waals surface area contributed by atoms with E-state index in [1.807, 2.05) is 29.2 Å². The maximum Gasteiger partial charge on any atom is 0.229 e. The molecule has 1 aromatic heterocycles. The molecule has 1 aliphatic rings. The van der Waals surface area contributed by atoms with Crippen LogP contribution in [0.5, 0.6) is 0 Å². The summed E-state index contributed by atoms with van der Waals surface area (Å²) in [4.78, 5) is 11.9. The highest BCUT2D eigenvalue weighted by Gasteiger charge is 2.43. The van der Waals surface area contributed by atoms with Crippen LogP contribution in [0.25, 0.3) is 0 Å². The molecule has 2 N–H and O–H groups in total. The van der Waals surface area contributed by atoms with Gasteiger partial charge in [0.05, 0.1) is 23.1 Å². The molecule has 0 saturated carbocycles. The molecule has 0 radical (unpaired) electrons. The van der Waals surface area contributed by atoms with E-state index < -0.39 is 5.41 Å². The molecule has 0 spiro atoms. The van der Waals surface area contributed by atoms with Gasteiger partial charge in [-0.1, -0.05) is 36.4 Å². The van der Waals surface area contributed by atoms with E-state index in [-0.39, 0.29) is 13.2 Å². The summed E-state index contributed by atoms with van der Waals surface area (Å²) in [7, 11) is 0. The summed E-state index contributed by atoms with van der Waals surface area (Å²) >= 11 is 5.12. The van der Waals surface area contributed by atoms with Gasteiger partial charge in [0, 0.05) is 35.3 Å². The SMILES string of the molecule is OCC1(CO)CN(c2ncc(Br)cn2)c2cc(SCc3ccccc3)ccc21. The Labute approximate surface area is 176 Å². The van der Waals surface area contributed by atoms with Crippen LogP contribution in [0.3, 0.4) is 0 Å². The normalized spacial score (nSPS) is 14.9. The van der Waals surface area contributed by atoms with Crippen LogP contribution >= 0.6 is 27.7 Å². The average Bonchev–Trinajstić information content (AvgIpc) is 3.08. The lowest BCUT2D eigenvalue weighted by Gasteiger charge is -2.25. The smallest absolute Gasteiger partial charge is 0.229 e. The fraction of sp³-hybridized carbons (Fsp3) is 0.238. The Kier molecular flexibility index (Phi) is 5.68. The number of nitrogens with zero attached hydrogens (tertiary/aromatic N) is 3. The van der Waals surface area contributed by atoms with E-state index >= 15 is 0 Å². The zero-order valence-corrected chi connectivity index (χ0v) is 17.5. The summed E-state index contributed by atoms with van der Waals surface area (Å²) in [5.41, 5.74) is 2.40. The highest BCUT2D eigenvalue weighted by atomic mass is 79.9. The quantitative estimate of drug-likeness (QED) is 0.546. The third kappa shape index (κ3) is 3.67. The molecule has 2 heterocycles. The molecule has 144 valence electrons. The molecular weight excluding hydrogens is 438 g/mol. The van der Waals surface area contributed by atoms with Crippen molar-refractivity contribution in [3.8, 4) is 0 Å². The monoisotopic (exact) mass is 457 g/mol. The van der Waals surface area contributed by atoms with E-state index in [0.29, 0.717) is 12.5 Å². The van der Waals surface area contributed by atoms with Gasteiger partial charge in [0.15, 0.2) is 0 Å². The first kappa shape index (κ1) is 19.4. The Morgan fingerprint density at radius 2 is 1.75 bits per heavy atom. The van der Waals surface area contributed by atoms with Crippen LogP contribution in [0.1, 0.15) is 11.1 Å². The molecule has 4 rings (SSSR count). The number of halogens is 1. The van der Waals surface area contributed by atoms with Crippen LogP contribution < -0.4 is 4.90 Å². The predicted molar refractivity (Wildman–Crippen MR) is 115 cm³/mol. The molecule has 0 unspecified atom stereocenters. The van der Waals surface area contributed by atoms with Crippen molar-refractivity contribution in [2.24, 2.45) is 0 Å². The molecule has 28 heavy (non-hydrogen) atoms. The lowest BCUT2D eigenvalue weighted by Crippen LogP contribution is -2.39. The first-order valence-electron chi connectivity index (χ1n) is 8.93. The number of thioether (sulfide) groups is 1. The predicted octanol–water partition coefficient (Wildman–Crippen LogP) is 3.91. The molecule has 0 fully saturated rings. The summed E-state index contributed by atoms with van der Waals surface area (Å²) in [5.74, 6) is 1.43. The minimum absolute atomic E-state index is 0.139. The van der Waals surface area contributed by atoms with Gasteiger partial charge in [-0.3, -0.25) is 0 Å². The molecule has 0 bridgehead atoms. The molecular formula is C21H20BrN3O2S. The molecule has 5 nitrogen and oxygen atoms in total. The van der Waals surface area contributed by atoms with E-state index in [1.165, 1.54) is 5.56 Å². The average molecular weight is 458 g/mol.